The normalized spacial score (nSPS) is 11.2. The van der Waals surface area contributed by atoms with Crippen LogP contribution in [-0.2, 0) is 16.6 Å². The van der Waals surface area contributed by atoms with Crippen molar-refractivity contribution in [3.63, 3.8) is 0 Å². The van der Waals surface area contributed by atoms with Crippen LogP contribution in [0.15, 0.2) is 91.5 Å². The molecule has 0 atom stereocenters. The van der Waals surface area contributed by atoms with Crippen molar-refractivity contribution in [3.8, 4) is 11.1 Å². The fraction of sp³-hybridized carbons (Fsp3) is 0.0870. The summed E-state index contributed by atoms with van der Waals surface area (Å²) >= 11 is 0. The number of aromatic nitrogens is 2. The lowest BCUT2D eigenvalue weighted by Gasteiger charge is -2.13. The Morgan fingerprint density at radius 2 is 1.60 bits per heavy atom. The summed E-state index contributed by atoms with van der Waals surface area (Å²) in [7, 11) is -3.29. The Morgan fingerprint density at radius 1 is 0.900 bits per heavy atom. The van der Waals surface area contributed by atoms with Crippen LogP contribution in [0.2, 0.25) is 0 Å². The van der Waals surface area contributed by atoms with Gasteiger partial charge in [0.15, 0.2) is 0 Å². The topological polar surface area (TPSA) is 76.0 Å². The Bertz CT molecular complexity index is 1220. The van der Waals surface area contributed by atoms with Crippen LogP contribution >= 0.6 is 0 Å². The van der Waals surface area contributed by atoms with Crippen LogP contribution in [0.25, 0.3) is 11.1 Å². The minimum atomic E-state index is -3.29. The molecule has 0 unspecified atom stereocenters. The van der Waals surface area contributed by atoms with Crippen molar-refractivity contribution in [1.29, 1.82) is 0 Å². The summed E-state index contributed by atoms with van der Waals surface area (Å²) in [5.74, 6) is 0. The second-order valence-corrected chi connectivity index (χ2v) is 8.80. The molecule has 0 spiro atoms. The Labute approximate surface area is 176 Å². The SMILES string of the molecule is CS(=O)(=O)Nc1ccc(Nc2ccccc2-c2ccc(Cn3ccnc3)cc2)cc1. The first-order chi connectivity index (χ1) is 14.5. The summed E-state index contributed by atoms with van der Waals surface area (Å²) in [6.07, 6.45) is 6.67. The van der Waals surface area contributed by atoms with Crippen LogP contribution in [0.4, 0.5) is 17.1 Å². The quantitative estimate of drug-likeness (QED) is 0.456. The largest absolute Gasteiger partial charge is 0.355 e. The van der Waals surface area contributed by atoms with E-state index in [2.05, 4.69) is 45.4 Å². The lowest BCUT2D eigenvalue weighted by atomic mass is 10.0. The van der Waals surface area contributed by atoms with Crippen LogP contribution in [0.1, 0.15) is 5.56 Å². The van der Waals surface area contributed by atoms with Gasteiger partial charge in [-0.2, -0.15) is 0 Å². The molecule has 152 valence electrons. The summed E-state index contributed by atoms with van der Waals surface area (Å²) in [6.45, 7) is 0.786. The van der Waals surface area contributed by atoms with Gasteiger partial charge in [-0.15, -0.1) is 0 Å². The molecule has 1 heterocycles. The Morgan fingerprint density at radius 3 is 2.27 bits per heavy atom. The number of sulfonamides is 1. The van der Waals surface area contributed by atoms with Gasteiger partial charge in [0, 0.05) is 41.6 Å². The second kappa shape index (κ2) is 8.42. The number of anilines is 3. The van der Waals surface area contributed by atoms with Crippen LogP contribution in [0.5, 0.6) is 0 Å². The molecule has 0 saturated heterocycles. The highest BCUT2D eigenvalue weighted by atomic mass is 32.2. The van der Waals surface area contributed by atoms with Crippen LogP contribution < -0.4 is 10.0 Å². The summed E-state index contributed by atoms with van der Waals surface area (Å²) in [5, 5.41) is 3.42. The van der Waals surface area contributed by atoms with Crippen molar-refractivity contribution in [2.24, 2.45) is 0 Å². The predicted octanol–water partition coefficient (Wildman–Crippen LogP) is 4.71. The average Bonchev–Trinajstić information content (AvgIpc) is 3.23. The molecule has 7 heteroatoms. The van der Waals surface area contributed by atoms with Crippen molar-refractivity contribution in [1.82, 2.24) is 9.55 Å². The van der Waals surface area contributed by atoms with E-state index in [9.17, 15) is 8.42 Å². The molecule has 0 bridgehead atoms. The van der Waals surface area contributed by atoms with Gasteiger partial charge in [0.1, 0.15) is 0 Å². The monoisotopic (exact) mass is 418 g/mol. The predicted molar refractivity (Wildman–Crippen MR) is 121 cm³/mol. The molecule has 0 amide bonds. The third-order valence-corrected chi connectivity index (χ3v) is 5.19. The van der Waals surface area contributed by atoms with Gasteiger partial charge >= 0.3 is 0 Å². The third-order valence-electron chi connectivity index (χ3n) is 4.58. The van der Waals surface area contributed by atoms with Crippen LogP contribution in [0.3, 0.4) is 0 Å². The van der Waals surface area contributed by atoms with Crippen LogP contribution in [0, 0.1) is 0 Å². The number of hydrogen-bond acceptors (Lipinski definition) is 4. The standard InChI is InChI=1S/C23H22N4O2S/c1-30(28,29)26-21-12-10-20(11-13-21)25-23-5-3-2-4-22(23)19-8-6-18(7-9-19)16-27-15-14-24-17-27/h2-15,17,25-26H,16H2,1H3. The van der Waals surface area contributed by atoms with E-state index in [0.29, 0.717) is 5.69 Å². The van der Waals surface area contributed by atoms with Crippen molar-refractivity contribution in [3.05, 3.63) is 97.1 Å². The average molecular weight is 419 g/mol. The van der Waals surface area contributed by atoms with Crippen LogP contribution in [-0.4, -0.2) is 24.2 Å². The maximum Gasteiger partial charge on any atom is 0.229 e. The van der Waals surface area contributed by atoms with E-state index in [1.807, 2.05) is 47.4 Å². The highest BCUT2D eigenvalue weighted by molar-refractivity contribution is 7.92. The van der Waals surface area contributed by atoms with Gasteiger partial charge in [-0.25, -0.2) is 13.4 Å². The zero-order valence-electron chi connectivity index (χ0n) is 16.5. The lowest BCUT2D eigenvalue weighted by molar-refractivity contribution is 0.607. The summed E-state index contributed by atoms with van der Waals surface area (Å²) in [4.78, 5) is 4.08. The Balaban J connectivity index is 1.52. The van der Waals surface area contributed by atoms with Crippen molar-refractivity contribution < 1.29 is 8.42 Å². The third kappa shape index (κ3) is 5.07. The minimum absolute atomic E-state index is 0.532. The first kappa shape index (κ1) is 19.7. The fourth-order valence-electron chi connectivity index (χ4n) is 3.22. The Hall–Kier alpha value is -3.58. The van der Waals surface area contributed by atoms with E-state index < -0.39 is 10.0 Å². The number of nitrogens with zero attached hydrogens (tertiary/aromatic N) is 2. The molecule has 4 aromatic rings. The summed E-state index contributed by atoms with van der Waals surface area (Å²) < 4.78 is 27.2. The highest BCUT2D eigenvalue weighted by Crippen LogP contribution is 2.31. The van der Waals surface area contributed by atoms with E-state index in [0.717, 1.165) is 35.3 Å². The van der Waals surface area contributed by atoms with Gasteiger partial charge in [-0.1, -0.05) is 42.5 Å². The van der Waals surface area contributed by atoms with Gasteiger partial charge in [0.2, 0.25) is 10.0 Å². The van der Waals surface area contributed by atoms with E-state index in [4.69, 9.17) is 0 Å². The molecule has 1 aromatic heterocycles. The molecular formula is C23H22N4O2S. The maximum absolute atomic E-state index is 11.4. The van der Waals surface area contributed by atoms with E-state index >= 15 is 0 Å². The molecule has 0 aliphatic rings. The molecule has 4 rings (SSSR count). The van der Waals surface area contributed by atoms with Crippen molar-refractivity contribution in [2.45, 2.75) is 6.54 Å². The van der Waals surface area contributed by atoms with Gasteiger partial charge in [0.05, 0.1) is 12.6 Å². The fourth-order valence-corrected chi connectivity index (χ4v) is 3.78. The number of hydrogen-bond donors (Lipinski definition) is 2. The minimum Gasteiger partial charge on any atom is -0.355 e. The number of nitrogens with one attached hydrogen (secondary N) is 2. The van der Waals surface area contributed by atoms with Gasteiger partial charge < -0.3 is 9.88 Å². The molecular weight excluding hydrogens is 396 g/mol. The Kier molecular flexibility index (Phi) is 5.54. The number of imidazole rings is 1. The zero-order chi connectivity index (χ0) is 21.0. The number of benzene rings is 3. The molecule has 30 heavy (non-hydrogen) atoms. The van der Waals surface area contributed by atoms with Gasteiger partial charge in [-0.3, -0.25) is 4.72 Å². The summed E-state index contributed by atoms with van der Waals surface area (Å²) in [5.41, 5.74) is 5.79. The van der Waals surface area contributed by atoms with Crippen molar-refractivity contribution in [2.75, 3.05) is 16.3 Å². The molecule has 0 radical (unpaired) electrons. The molecule has 3 aromatic carbocycles. The number of para-hydroxylation sites is 1. The van der Waals surface area contributed by atoms with E-state index in [1.54, 1.807) is 18.3 Å². The summed E-state index contributed by atoms with van der Waals surface area (Å²) in [6, 6.07) is 23.7. The zero-order valence-corrected chi connectivity index (χ0v) is 17.3. The maximum atomic E-state index is 11.4. The first-order valence-electron chi connectivity index (χ1n) is 9.45. The number of rotatable bonds is 7. The van der Waals surface area contributed by atoms with Gasteiger partial charge in [-0.05, 0) is 41.5 Å². The smallest absolute Gasteiger partial charge is 0.229 e. The lowest BCUT2D eigenvalue weighted by Crippen LogP contribution is -2.09. The molecule has 0 saturated carbocycles. The van der Waals surface area contributed by atoms with Gasteiger partial charge in [0.25, 0.3) is 0 Å². The first-order valence-corrected chi connectivity index (χ1v) is 11.3. The van der Waals surface area contributed by atoms with Crippen molar-refractivity contribution >= 4 is 27.1 Å². The molecule has 6 nitrogen and oxygen atoms in total. The molecule has 2 N–H and O–H groups in total. The highest BCUT2D eigenvalue weighted by Gasteiger charge is 2.07. The molecule has 0 aliphatic carbocycles. The molecule has 0 fully saturated rings. The van der Waals surface area contributed by atoms with E-state index in [1.165, 1.54) is 5.56 Å². The second-order valence-electron chi connectivity index (χ2n) is 7.05. The molecule has 0 aliphatic heterocycles. The van der Waals surface area contributed by atoms with E-state index in [-0.39, 0.29) is 0 Å².